The highest BCUT2D eigenvalue weighted by atomic mass is 32.1. The van der Waals surface area contributed by atoms with Crippen LogP contribution in [0, 0.1) is 13.8 Å². The fourth-order valence-electron chi connectivity index (χ4n) is 2.22. The normalized spacial score (nSPS) is 13.1. The van der Waals surface area contributed by atoms with Crippen molar-refractivity contribution in [3.63, 3.8) is 0 Å². The van der Waals surface area contributed by atoms with E-state index in [9.17, 15) is 0 Å². The van der Waals surface area contributed by atoms with E-state index in [-0.39, 0.29) is 6.10 Å². The third kappa shape index (κ3) is 5.27. The Morgan fingerprint density at radius 2 is 2.20 bits per heavy atom. The molecule has 1 unspecified atom stereocenters. The van der Waals surface area contributed by atoms with Crippen LogP contribution in [-0.4, -0.2) is 41.5 Å². The van der Waals surface area contributed by atoms with Gasteiger partial charge in [0, 0.05) is 26.1 Å². The largest absolute Gasteiger partial charge is 0.444 e. The summed E-state index contributed by atoms with van der Waals surface area (Å²) in [6.45, 7) is 9.75. The summed E-state index contributed by atoms with van der Waals surface area (Å²) in [6, 6.07) is 0. The lowest BCUT2D eigenvalue weighted by atomic mass is 10.4. The number of methoxy groups -OCH3 is 1. The van der Waals surface area contributed by atoms with E-state index in [4.69, 9.17) is 9.15 Å². The van der Waals surface area contributed by atoms with Crippen molar-refractivity contribution in [2.45, 2.75) is 46.9 Å². The maximum absolute atomic E-state index is 5.59. The van der Waals surface area contributed by atoms with Crippen LogP contribution in [0.3, 0.4) is 0 Å². The van der Waals surface area contributed by atoms with Gasteiger partial charge in [0.2, 0.25) is 5.89 Å². The Bertz CT molecular complexity index is 690. The molecule has 0 radical (unpaired) electrons. The molecule has 0 aliphatic heterocycles. The van der Waals surface area contributed by atoms with Crippen LogP contribution >= 0.6 is 11.3 Å². The highest BCUT2D eigenvalue weighted by Gasteiger charge is 2.13. The summed E-state index contributed by atoms with van der Waals surface area (Å²) in [6.07, 6.45) is 0.0162. The van der Waals surface area contributed by atoms with E-state index in [1.54, 1.807) is 18.4 Å². The smallest absolute Gasteiger partial charge is 0.216 e. The van der Waals surface area contributed by atoms with E-state index in [0.29, 0.717) is 19.0 Å². The first-order chi connectivity index (χ1) is 11.9. The first-order valence-corrected chi connectivity index (χ1v) is 9.22. The van der Waals surface area contributed by atoms with Gasteiger partial charge in [-0.2, -0.15) is 0 Å². The number of hydrogen-bond donors (Lipinski definition) is 1. The average molecular weight is 366 g/mol. The van der Waals surface area contributed by atoms with Crippen LogP contribution in [-0.2, 0) is 17.8 Å². The molecule has 2 aromatic heterocycles. The van der Waals surface area contributed by atoms with Gasteiger partial charge in [0.15, 0.2) is 5.96 Å². The van der Waals surface area contributed by atoms with Crippen molar-refractivity contribution in [2.75, 3.05) is 20.7 Å². The van der Waals surface area contributed by atoms with Crippen LogP contribution in [0.5, 0.6) is 0 Å². The van der Waals surface area contributed by atoms with Crippen molar-refractivity contribution in [3.8, 4) is 0 Å². The molecular formula is C17H27N5O2S. The molecule has 0 amide bonds. The maximum atomic E-state index is 5.59. The molecule has 2 aromatic rings. The highest BCUT2D eigenvalue weighted by molar-refractivity contribution is 7.09. The predicted octanol–water partition coefficient (Wildman–Crippen LogP) is 3.05. The van der Waals surface area contributed by atoms with Gasteiger partial charge in [-0.15, -0.1) is 11.3 Å². The molecule has 0 spiro atoms. The second-order valence-electron chi connectivity index (χ2n) is 5.83. The summed E-state index contributed by atoms with van der Waals surface area (Å²) in [5.74, 6) is 2.26. The highest BCUT2D eigenvalue weighted by Crippen LogP contribution is 2.21. The van der Waals surface area contributed by atoms with Crippen molar-refractivity contribution in [2.24, 2.45) is 4.99 Å². The SMILES string of the molecule is CCNC(=NCc1nc(C)c(C)o1)N(C)Cc1csc(C(C)OC)n1. The number of aromatic nitrogens is 2. The van der Waals surface area contributed by atoms with Gasteiger partial charge in [0.05, 0.1) is 17.9 Å². The zero-order chi connectivity index (χ0) is 18.4. The molecule has 25 heavy (non-hydrogen) atoms. The standard InChI is InChI=1S/C17H27N5O2S/c1-7-18-17(19-8-15-20-11(2)12(3)24-15)22(5)9-14-10-25-16(21-14)13(4)23-6/h10,13H,7-9H2,1-6H3,(H,18,19). The fourth-order valence-corrected chi connectivity index (χ4v) is 3.06. The Morgan fingerprint density at radius 3 is 2.80 bits per heavy atom. The monoisotopic (exact) mass is 365 g/mol. The topological polar surface area (TPSA) is 75.8 Å². The Kier molecular flexibility index (Phi) is 6.95. The molecule has 1 N–H and O–H groups in total. The minimum atomic E-state index is 0.0162. The van der Waals surface area contributed by atoms with Crippen molar-refractivity contribution < 1.29 is 9.15 Å². The number of rotatable bonds is 7. The van der Waals surface area contributed by atoms with E-state index >= 15 is 0 Å². The number of hydrogen-bond acceptors (Lipinski definition) is 6. The molecule has 0 aromatic carbocycles. The summed E-state index contributed by atoms with van der Waals surface area (Å²) in [7, 11) is 3.69. The Hall–Kier alpha value is -1.93. The minimum absolute atomic E-state index is 0.0162. The summed E-state index contributed by atoms with van der Waals surface area (Å²) in [4.78, 5) is 15.7. The van der Waals surface area contributed by atoms with E-state index in [2.05, 4.69) is 25.7 Å². The quantitative estimate of drug-likeness (QED) is 0.600. The van der Waals surface area contributed by atoms with Crippen LogP contribution in [0.25, 0.3) is 0 Å². The van der Waals surface area contributed by atoms with Crippen LogP contribution in [0.15, 0.2) is 14.8 Å². The molecule has 2 rings (SSSR count). The van der Waals surface area contributed by atoms with Crippen molar-refractivity contribution in [1.82, 2.24) is 20.2 Å². The number of aryl methyl sites for hydroxylation is 2. The molecule has 0 saturated heterocycles. The van der Waals surface area contributed by atoms with Gasteiger partial charge >= 0.3 is 0 Å². The first kappa shape index (κ1) is 19.4. The number of nitrogens with one attached hydrogen (secondary N) is 1. The van der Waals surface area contributed by atoms with Crippen molar-refractivity contribution in [1.29, 1.82) is 0 Å². The number of oxazole rings is 1. The third-order valence-electron chi connectivity index (χ3n) is 3.80. The van der Waals surface area contributed by atoms with E-state index in [1.807, 2.05) is 39.6 Å². The number of aliphatic imine (C=N–C) groups is 1. The summed E-state index contributed by atoms with van der Waals surface area (Å²) < 4.78 is 10.9. The third-order valence-corrected chi connectivity index (χ3v) is 4.86. The van der Waals surface area contributed by atoms with Crippen molar-refractivity contribution in [3.05, 3.63) is 33.4 Å². The molecule has 0 aliphatic rings. The summed E-state index contributed by atoms with van der Waals surface area (Å²) in [5, 5.41) is 6.34. The first-order valence-electron chi connectivity index (χ1n) is 8.34. The van der Waals surface area contributed by atoms with Gasteiger partial charge in [-0.05, 0) is 27.7 Å². The summed E-state index contributed by atoms with van der Waals surface area (Å²) >= 11 is 1.62. The zero-order valence-electron chi connectivity index (χ0n) is 15.8. The molecule has 0 fully saturated rings. The number of thiazole rings is 1. The lowest BCUT2D eigenvalue weighted by molar-refractivity contribution is 0.119. The minimum Gasteiger partial charge on any atom is -0.444 e. The van der Waals surface area contributed by atoms with Crippen LogP contribution in [0.4, 0.5) is 0 Å². The van der Waals surface area contributed by atoms with Gasteiger partial charge < -0.3 is 19.4 Å². The number of nitrogens with zero attached hydrogens (tertiary/aromatic N) is 4. The average Bonchev–Trinajstić information content (AvgIpc) is 3.17. The van der Waals surface area contributed by atoms with E-state index < -0.39 is 0 Å². The second-order valence-corrected chi connectivity index (χ2v) is 6.72. The van der Waals surface area contributed by atoms with Gasteiger partial charge in [-0.3, -0.25) is 0 Å². The van der Waals surface area contributed by atoms with Crippen LogP contribution in [0.1, 0.15) is 48.0 Å². The molecule has 0 saturated carbocycles. The van der Waals surface area contributed by atoms with Gasteiger partial charge in [-0.25, -0.2) is 15.0 Å². The number of ether oxygens (including phenoxy) is 1. The second kappa shape index (κ2) is 8.96. The lowest BCUT2D eigenvalue weighted by Gasteiger charge is -2.21. The molecule has 138 valence electrons. The molecule has 2 heterocycles. The molecule has 8 heteroatoms. The van der Waals surface area contributed by atoms with Crippen molar-refractivity contribution >= 4 is 17.3 Å². The zero-order valence-corrected chi connectivity index (χ0v) is 16.6. The predicted molar refractivity (Wildman–Crippen MR) is 99.8 cm³/mol. The summed E-state index contributed by atoms with van der Waals surface area (Å²) in [5.41, 5.74) is 1.91. The molecule has 0 aliphatic carbocycles. The lowest BCUT2D eigenvalue weighted by Crippen LogP contribution is -2.38. The van der Waals surface area contributed by atoms with Crippen LogP contribution < -0.4 is 5.32 Å². The number of guanidine groups is 1. The molecule has 1 atom stereocenters. The molecule has 7 nitrogen and oxygen atoms in total. The van der Waals surface area contributed by atoms with Gasteiger partial charge in [-0.1, -0.05) is 0 Å². The van der Waals surface area contributed by atoms with Gasteiger partial charge in [0.25, 0.3) is 0 Å². The van der Waals surface area contributed by atoms with E-state index in [1.165, 1.54) is 0 Å². The van der Waals surface area contributed by atoms with E-state index in [0.717, 1.165) is 34.7 Å². The maximum Gasteiger partial charge on any atom is 0.216 e. The molecular weight excluding hydrogens is 338 g/mol. The Balaban J connectivity index is 2.04. The van der Waals surface area contributed by atoms with Crippen LogP contribution in [0.2, 0.25) is 0 Å². The molecule has 0 bridgehead atoms. The van der Waals surface area contributed by atoms with Gasteiger partial charge in [0.1, 0.15) is 23.4 Å². The Labute approximate surface area is 153 Å². The Morgan fingerprint density at radius 1 is 1.44 bits per heavy atom. The fraction of sp³-hybridized carbons (Fsp3) is 0.588.